The largest absolute Gasteiger partial charge is 0.391 e. The highest BCUT2D eigenvalue weighted by atomic mass is 19.4. The van der Waals surface area contributed by atoms with Crippen LogP contribution < -0.4 is 0 Å². The van der Waals surface area contributed by atoms with Gasteiger partial charge in [-0.2, -0.15) is 18.4 Å². The Hall–Kier alpha value is -0.760. The fourth-order valence-electron chi connectivity index (χ4n) is 1.87. The van der Waals surface area contributed by atoms with E-state index < -0.39 is 12.1 Å². The van der Waals surface area contributed by atoms with Gasteiger partial charge in [-0.05, 0) is 38.9 Å². The number of hydrogen-bond donors (Lipinski definition) is 0. The van der Waals surface area contributed by atoms with Crippen LogP contribution in [0.4, 0.5) is 13.2 Å². The van der Waals surface area contributed by atoms with Crippen molar-refractivity contribution in [2.24, 2.45) is 5.92 Å². The SMILES string of the molecule is N#CCCCN1CCC(C(F)(F)F)CC1. The second kappa shape index (κ2) is 5.36. The zero-order valence-electron chi connectivity index (χ0n) is 8.56. The van der Waals surface area contributed by atoms with E-state index >= 15 is 0 Å². The molecule has 0 amide bonds. The van der Waals surface area contributed by atoms with Crippen molar-refractivity contribution in [3.8, 4) is 6.07 Å². The first-order valence-electron chi connectivity index (χ1n) is 5.20. The van der Waals surface area contributed by atoms with E-state index in [1.807, 2.05) is 11.0 Å². The van der Waals surface area contributed by atoms with Crippen molar-refractivity contribution in [1.29, 1.82) is 5.26 Å². The molecular formula is C10H15F3N2. The summed E-state index contributed by atoms with van der Waals surface area (Å²) in [6.07, 6.45) is -2.38. The van der Waals surface area contributed by atoms with Gasteiger partial charge in [0.25, 0.3) is 0 Å². The van der Waals surface area contributed by atoms with Crippen LogP contribution in [-0.4, -0.2) is 30.7 Å². The Morgan fingerprint density at radius 1 is 1.27 bits per heavy atom. The van der Waals surface area contributed by atoms with Gasteiger partial charge in [0.15, 0.2) is 0 Å². The summed E-state index contributed by atoms with van der Waals surface area (Å²) in [5, 5.41) is 8.33. The van der Waals surface area contributed by atoms with E-state index in [1.54, 1.807) is 0 Å². The number of piperidine rings is 1. The Balaban J connectivity index is 2.22. The molecule has 2 nitrogen and oxygen atoms in total. The number of rotatable bonds is 3. The van der Waals surface area contributed by atoms with Crippen LogP contribution in [0.2, 0.25) is 0 Å². The number of unbranched alkanes of at least 4 members (excludes halogenated alkanes) is 1. The molecule has 0 atom stereocenters. The van der Waals surface area contributed by atoms with E-state index in [0.717, 1.165) is 13.0 Å². The van der Waals surface area contributed by atoms with Crippen LogP contribution in [0.3, 0.4) is 0 Å². The maximum atomic E-state index is 12.3. The van der Waals surface area contributed by atoms with Gasteiger partial charge in [-0.15, -0.1) is 0 Å². The van der Waals surface area contributed by atoms with Crippen LogP contribution in [-0.2, 0) is 0 Å². The summed E-state index contributed by atoms with van der Waals surface area (Å²) in [5.41, 5.74) is 0. The molecule has 15 heavy (non-hydrogen) atoms. The number of nitriles is 1. The molecule has 1 heterocycles. The number of likely N-dealkylation sites (tertiary alicyclic amines) is 1. The van der Waals surface area contributed by atoms with E-state index in [2.05, 4.69) is 0 Å². The molecule has 0 aromatic carbocycles. The zero-order chi connectivity index (χ0) is 11.3. The molecule has 0 aromatic heterocycles. The van der Waals surface area contributed by atoms with Gasteiger partial charge in [-0.25, -0.2) is 0 Å². The fourth-order valence-corrected chi connectivity index (χ4v) is 1.87. The summed E-state index contributed by atoms with van der Waals surface area (Å²) in [5.74, 6) is -1.12. The third-order valence-corrected chi connectivity index (χ3v) is 2.81. The van der Waals surface area contributed by atoms with Crippen molar-refractivity contribution >= 4 is 0 Å². The molecule has 1 fully saturated rings. The van der Waals surface area contributed by atoms with Crippen molar-refractivity contribution in [3.05, 3.63) is 0 Å². The van der Waals surface area contributed by atoms with Gasteiger partial charge in [-0.3, -0.25) is 0 Å². The minimum atomic E-state index is -4.03. The summed E-state index contributed by atoms with van der Waals surface area (Å²) in [7, 11) is 0. The lowest BCUT2D eigenvalue weighted by Crippen LogP contribution is -2.39. The number of alkyl halides is 3. The van der Waals surface area contributed by atoms with Crippen LogP contribution >= 0.6 is 0 Å². The third kappa shape index (κ3) is 4.08. The monoisotopic (exact) mass is 220 g/mol. The fraction of sp³-hybridized carbons (Fsp3) is 0.900. The molecule has 0 N–H and O–H groups in total. The van der Waals surface area contributed by atoms with Crippen LogP contribution in [0.15, 0.2) is 0 Å². The molecule has 1 rings (SSSR count). The predicted molar refractivity (Wildman–Crippen MR) is 50.1 cm³/mol. The highest BCUT2D eigenvalue weighted by molar-refractivity contribution is 4.78. The Morgan fingerprint density at radius 3 is 2.33 bits per heavy atom. The molecule has 0 saturated carbocycles. The van der Waals surface area contributed by atoms with Crippen LogP contribution in [0.1, 0.15) is 25.7 Å². The first-order chi connectivity index (χ1) is 7.04. The Kier molecular flexibility index (Phi) is 4.40. The molecule has 0 spiro atoms. The maximum Gasteiger partial charge on any atom is 0.391 e. The lowest BCUT2D eigenvalue weighted by atomic mass is 9.96. The average molecular weight is 220 g/mol. The van der Waals surface area contributed by atoms with E-state index in [-0.39, 0.29) is 12.8 Å². The van der Waals surface area contributed by atoms with Crippen LogP contribution in [0, 0.1) is 17.2 Å². The van der Waals surface area contributed by atoms with Gasteiger partial charge < -0.3 is 4.90 Å². The van der Waals surface area contributed by atoms with Crippen LogP contribution in [0.5, 0.6) is 0 Å². The second-order valence-corrected chi connectivity index (χ2v) is 3.92. The normalized spacial score (nSPS) is 20.1. The predicted octanol–water partition coefficient (Wildman–Crippen LogP) is 2.56. The van der Waals surface area contributed by atoms with Gasteiger partial charge >= 0.3 is 6.18 Å². The molecule has 0 bridgehead atoms. The summed E-state index contributed by atoms with van der Waals surface area (Å²) in [6, 6.07) is 2.03. The van der Waals surface area contributed by atoms with E-state index in [4.69, 9.17) is 5.26 Å². The highest BCUT2D eigenvalue weighted by Gasteiger charge is 2.40. The molecule has 86 valence electrons. The van der Waals surface area contributed by atoms with E-state index in [1.165, 1.54) is 0 Å². The van der Waals surface area contributed by atoms with Crippen molar-refractivity contribution in [3.63, 3.8) is 0 Å². The summed E-state index contributed by atoms with van der Waals surface area (Å²) in [6.45, 7) is 1.77. The van der Waals surface area contributed by atoms with Crippen molar-refractivity contribution in [1.82, 2.24) is 4.90 Å². The lowest BCUT2D eigenvalue weighted by molar-refractivity contribution is -0.185. The molecular weight excluding hydrogens is 205 g/mol. The summed E-state index contributed by atoms with van der Waals surface area (Å²) < 4.78 is 36.9. The van der Waals surface area contributed by atoms with Gasteiger partial charge in [0.1, 0.15) is 0 Å². The third-order valence-electron chi connectivity index (χ3n) is 2.81. The number of halogens is 3. The summed E-state index contributed by atoms with van der Waals surface area (Å²) in [4.78, 5) is 2.01. The molecule has 0 radical (unpaired) electrons. The second-order valence-electron chi connectivity index (χ2n) is 3.92. The zero-order valence-corrected chi connectivity index (χ0v) is 8.56. The summed E-state index contributed by atoms with van der Waals surface area (Å²) >= 11 is 0. The molecule has 1 aliphatic heterocycles. The van der Waals surface area contributed by atoms with Gasteiger partial charge in [0.2, 0.25) is 0 Å². The Morgan fingerprint density at radius 2 is 1.87 bits per heavy atom. The molecule has 0 aromatic rings. The minimum absolute atomic E-state index is 0.204. The first-order valence-corrected chi connectivity index (χ1v) is 5.20. The molecule has 0 aliphatic carbocycles. The molecule has 1 saturated heterocycles. The highest BCUT2D eigenvalue weighted by Crippen LogP contribution is 2.33. The number of nitrogens with zero attached hydrogens (tertiary/aromatic N) is 2. The maximum absolute atomic E-state index is 12.3. The van der Waals surface area contributed by atoms with Crippen molar-refractivity contribution < 1.29 is 13.2 Å². The standard InChI is InChI=1S/C10H15F3N2/c11-10(12,13)9-3-7-15(8-4-9)6-2-1-5-14/h9H,1-4,6-8H2. The first kappa shape index (κ1) is 12.3. The van der Waals surface area contributed by atoms with Crippen molar-refractivity contribution in [2.75, 3.05) is 19.6 Å². The van der Waals surface area contributed by atoms with Crippen molar-refractivity contribution in [2.45, 2.75) is 31.9 Å². The smallest absolute Gasteiger partial charge is 0.303 e. The molecule has 5 heteroatoms. The molecule has 1 aliphatic rings. The van der Waals surface area contributed by atoms with Gasteiger partial charge in [-0.1, -0.05) is 0 Å². The lowest BCUT2D eigenvalue weighted by Gasteiger charge is -2.32. The van der Waals surface area contributed by atoms with Gasteiger partial charge in [0.05, 0.1) is 12.0 Å². The minimum Gasteiger partial charge on any atom is -0.303 e. The molecule has 0 unspecified atom stereocenters. The average Bonchev–Trinajstić information content (AvgIpc) is 2.18. The van der Waals surface area contributed by atoms with Crippen LogP contribution in [0.25, 0.3) is 0 Å². The Labute approximate surface area is 87.7 Å². The van der Waals surface area contributed by atoms with E-state index in [0.29, 0.717) is 19.5 Å². The quantitative estimate of drug-likeness (QED) is 0.683. The Bertz CT molecular complexity index is 224. The van der Waals surface area contributed by atoms with E-state index in [9.17, 15) is 13.2 Å². The number of hydrogen-bond acceptors (Lipinski definition) is 2. The van der Waals surface area contributed by atoms with Gasteiger partial charge in [0, 0.05) is 6.42 Å². The topological polar surface area (TPSA) is 27.0 Å².